The van der Waals surface area contributed by atoms with Gasteiger partial charge in [-0.15, -0.1) is 24.8 Å². The van der Waals surface area contributed by atoms with E-state index in [9.17, 15) is 4.79 Å². The summed E-state index contributed by atoms with van der Waals surface area (Å²) < 4.78 is 4.36. The molecule has 3 nitrogen and oxygen atoms in total. The molecule has 1 unspecified atom stereocenters. The summed E-state index contributed by atoms with van der Waals surface area (Å²) in [6.07, 6.45) is 4.13. The van der Waals surface area contributed by atoms with Crippen molar-refractivity contribution in [3.63, 3.8) is 0 Å². The van der Waals surface area contributed by atoms with Crippen molar-refractivity contribution in [2.75, 3.05) is 13.1 Å². The second kappa shape index (κ2) is 10.2. The van der Waals surface area contributed by atoms with E-state index in [4.69, 9.17) is 8.05 Å². The Hall–Kier alpha value is 0.0749. The molecular weight excluding hydrogens is 248 g/mol. The van der Waals surface area contributed by atoms with Gasteiger partial charge < -0.3 is 9.97 Å². The largest absolute Gasteiger partial charge is 0.543 e. The summed E-state index contributed by atoms with van der Waals surface area (Å²) >= 11 is 0. The van der Waals surface area contributed by atoms with Crippen LogP contribution in [-0.2, 0) is 9.45 Å². The van der Waals surface area contributed by atoms with Crippen LogP contribution in [0.1, 0.15) is 32.6 Å². The average Bonchev–Trinajstić information content (AvgIpc) is 2.71. The molecule has 2 atom stereocenters. The monoisotopic (exact) mass is 267 g/mol. The number of rotatable bonds is 5. The molecule has 16 heavy (non-hydrogen) atoms. The van der Waals surface area contributed by atoms with Crippen LogP contribution in [0.4, 0.5) is 0 Å². The molecule has 0 aliphatic carbocycles. The molecule has 0 saturated carbocycles. The highest BCUT2D eigenvalue weighted by molar-refractivity contribution is 6.05. The number of unbranched alkanes of at least 4 members (excludes halogenated alkanes) is 1. The number of halogens is 2. The van der Waals surface area contributed by atoms with Gasteiger partial charge in [0.15, 0.2) is 0 Å². The SMILES string of the molecule is Cl.Cl.[B]OC(=O)C(CCCC)[C@H]1CCNC1. The average molecular weight is 268 g/mol. The highest BCUT2D eigenvalue weighted by Crippen LogP contribution is 2.25. The zero-order valence-corrected chi connectivity index (χ0v) is 11.2. The van der Waals surface area contributed by atoms with E-state index in [1.165, 1.54) is 0 Å². The number of carbonyl (C=O) groups is 1. The molecule has 2 radical (unpaired) electrons. The van der Waals surface area contributed by atoms with Gasteiger partial charge in [-0.2, -0.15) is 0 Å². The first kappa shape index (κ1) is 18.4. The van der Waals surface area contributed by atoms with Gasteiger partial charge in [0.2, 0.25) is 0 Å². The van der Waals surface area contributed by atoms with Crippen LogP contribution in [0.3, 0.4) is 0 Å². The van der Waals surface area contributed by atoms with Crippen molar-refractivity contribution in [2.24, 2.45) is 11.8 Å². The first-order valence-corrected chi connectivity index (χ1v) is 5.40. The molecule has 0 bridgehead atoms. The van der Waals surface area contributed by atoms with Crippen molar-refractivity contribution >= 4 is 38.8 Å². The first-order chi connectivity index (χ1) is 6.79. The summed E-state index contributed by atoms with van der Waals surface area (Å²) in [5.74, 6) is 0.166. The Labute approximate surface area is 111 Å². The fourth-order valence-corrected chi connectivity index (χ4v) is 2.08. The first-order valence-electron chi connectivity index (χ1n) is 5.40. The molecule has 0 amide bonds. The lowest BCUT2D eigenvalue weighted by molar-refractivity contribution is -0.140. The summed E-state index contributed by atoms with van der Waals surface area (Å²) in [6.45, 7) is 4.05. The van der Waals surface area contributed by atoms with Crippen LogP contribution in [0.25, 0.3) is 0 Å². The van der Waals surface area contributed by atoms with Gasteiger partial charge >= 0.3 is 8.05 Å². The highest BCUT2D eigenvalue weighted by Gasteiger charge is 2.30. The molecule has 1 heterocycles. The maximum absolute atomic E-state index is 11.4. The maximum atomic E-state index is 11.4. The van der Waals surface area contributed by atoms with Crippen LogP contribution < -0.4 is 5.32 Å². The van der Waals surface area contributed by atoms with Crippen LogP contribution in [0, 0.1) is 11.8 Å². The predicted molar refractivity (Wildman–Crippen MR) is 70.3 cm³/mol. The van der Waals surface area contributed by atoms with E-state index in [1.54, 1.807) is 0 Å². The third-order valence-corrected chi connectivity index (χ3v) is 2.96. The minimum Gasteiger partial charge on any atom is -0.543 e. The Kier molecular flexibility index (Phi) is 11.8. The molecule has 1 aliphatic rings. The van der Waals surface area contributed by atoms with Crippen molar-refractivity contribution in [1.82, 2.24) is 5.32 Å². The summed E-state index contributed by atoms with van der Waals surface area (Å²) in [4.78, 5) is 11.4. The van der Waals surface area contributed by atoms with E-state index in [0.29, 0.717) is 5.92 Å². The third kappa shape index (κ3) is 5.42. The second-order valence-electron chi connectivity index (χ2n) is 3.94. The fourth-order valence-electron chi connectivity index (χ4n) is 2.08. The summed E-state index contributed by atoms with van der Waals surface area (Å²) in [7, 11) is 4.94. The van der Waals surface area contributed by atoms with E-state index in [-0.39, 0.29) is 36.7 Å². The quantitative estimate of drug-likeness (QED) is 0.773. The summed E-state index contributed by atoms with van der Waals surface area (Å²) in [5.41, 5.74) is 0. The molecule has 0 aromatic carbocycles. The topological polar surface area (TPSA) is 38.3 Å². The Morgan fingerprint density at radius 1 is 1.56 bits per heavy atom. The Morgan fingerprint density at radius 2 is 2.25 bits per heavy atom. The van der Waals surface area contributed by atoms with Gasteiger partial charge in [0.25, 0.3) is 5.97 Å². The fraction of sp³-hybridized carbons (Fsp3) is 0.900. The minimum atomic E-state index is -0.243. The lowest BCUT2D eigenvalue weighted by atomic mass is 9.87. The summed E-state index contributed by atoms with van der Waals surface area (Å²) in [5, 5.41) is 3.26. The zero-order chi connectivity index (χ0) is 10.4. The zero-order valence-electron chi connectivity index (χ0n) is 9.61. The molecule has 1 aliphatic heterocycles. The van der Waals surface area contributed by atoms with E-state index in [2.05, 4.69) is 16.9 Å². The standard InChI is InChI=1S/C10H18BNO2.2ClH/c1-2-3-4-9(10(13)14-11)8-5-6-12-7-8;;/h8-9,12H,2-7H2,1H3;2*1H/t8-,9?;;/m0../s1. The van der Waals surface area contributed by atoms with E-state index in [0.717, 1.165) is 38.8 Å². The molecule has 94 valence electrons. The number of hydrogen-bond donors (Lipinski definition) is 1. The second-order valence-corrected chi connectivity index (χ2v) is 3.94. The molecule has 0 aromatic heterocycles. The Balaban J connectivity index is 0. The normalized spacial score (nSPS) is 20.4. The van der Waals surface area contributed by atoms with Crippen molar-refractivity contribution in [2.45, 2.75) is 32.6 Å². The van der Waals surface area contributed by atoms with Crippen LogP contribution in [0.2, 0.25) is 0 Å². The van der Waals surface area contributed by atoms with Crippen LogP contribution >= 0.6 is 24.8 Å². The molecule has 1 fully saturated rings. The maximum Gasteiger partial charge on any atom is 0.378 e. The minimum absolute atomic E-state index is 0. The van der Waals surface area contributed by atoms with Crippen molar-refractivity contribution in [3.05, 3.63) is 0 Å². The van der Waals surface area contributed by atoms with Crippen molar-refractivity contribution in [3.8, 4) is 0 Å². The van der Waals surface area contributed by atoms with Gasteiger partial charge in [0, 0.05) is 0 Å². The lowest BCUT2D eigenvalue weighted by Gasteiger charge is -2.20. The lowest BCUT2D eigenvalue weighted by Crippen LogP contribution is -2.27. The van der Waals surface area contributed by atoms with E-state index in [1.807, 2.05) is 0 Å². The smallest absolute Gasteiger partial charge is 0.378 e. The van der Waals surface area contributed by atoms with Crippen molar-refractivity contribution < 1.29 is 9.45 Å². The molecular formula is C10H20BCl2NO2. The Morgan fingerprint density at radius 3 is 2.69 bits per heavy atom. The number of hydrogen-bond acceptors (Lipinski definition) is 3. The van der Waals surface area contributed by atoms with Crippen LogP contribution in [0.5, 0.6) is 0 Å². The van der Waals surface area contributed by atoms with Gasteiger partial charge in [-0.3, -0.25) is 4.79 Å². The van der Waals surface area contributed by atoms with Gasteiger partial charge in [-0.05, 0) is 31.8 Å². The number of nitrogens with one attached hydrogen (secondary N) is 1. The predicted octanol–water partition coefficient (Wildman–Crippen LogP) is 1.87. The summed E-state index contributed by atoms with van der Waals surface area (Å²) in [6, 6.07) is 0. The van der Waals surface area contributed by atoms with Crippen molar-refractivity contribution in [1.29, 1.82) is 0 Å². The van der Waals surface area contributed by atoms with Gasteiger partial charge in [-0.25, -0.2) is 0 Å². The van der Waals surface area contributed by atoms with Gasteiger partial charge in [0.05, 0.1) is 5.92 Å². The molecule has 1 N–H and O–H groups in total. The number of carbonyl (C=O) groups excluding carboxylic acids is 1. The molecule has 0 spiro atoms. The Bertz CT molecular complexity index is 190. The van der Waals surface area contributed by atoms with Crippen LogP contribution in [-0.4, -0.2) is 27.1 Å². The molecule has 1 rings (SSSR count). The molecule has 6 heteroatoms. The molecule has 0 aromatic rings. The van der Waals surface area contributed by atoms with E-state index < -0.39 is 0 Å². The van der Waals surface area contributed by atoms with Gasteiger partial charge in [0.1, 0.15) is 0 Å². The van der Waals surface area contributed by atoms with Crippen LogP contribution in [0.15, 0.2) is 0 Å². The third-order valence-electron chi connectivity index (χ3n) is 2.96. The van der Waals surface area contributed by atoms with Gasteiger partial charge in [-0.1, -0.05) is 19.8 Å². The molecule has 1 saturated heterocycles. The highest BCUT2D eigenvalue weighted by atomic mass is 35.5. The van der Waals surface area contributed by atoms with E-state index >= 15 is 0 Å².